The van der Waals surface area contributed by atoms with Gasteiger partial charge in [0.25, 0.3) is 0 Å². The first-order valence-corrected chi connectivity index (χ1v) is 15.7. The first-order valence-electron chi connectivity index (χ1n) is 15.7. The maximum atomic E-state index is 4.77. The van der Waals surface area contributed by atoms with Gasteiger partial charge in [0, 0.05) is 0 Å². The lowest BCUT2D eigenvalue weighted by Crippen LogP contribution is -2.11. The van der Waals surface area contributed by atoms with Crippen LogP contribution in [0.2, 0.25) is 0 Å². The summed E-state index contributed by atoms with van der Waals surface area (Å²) < 4.78 is 4.18. The molecule has 4 rings (SSSR count). The van der Waals surface area contributed by atoms with Crippen LogP contribution in [0.1, 0.15) is 113 Å². The van der Waals surface area contributed by atoms with Crippen LogP contribution in [-0.2, 0) is 25.9 Å². The van der Waals surface area contributed by atoms with Crippen LogP contribution in [0.4, 0.5) is 0 Å². The van der Waals surface area contributed by atoms with E-state index in [0.717, 1.165) is 48.5 Å². The quantitative estimate of drug-likeness (QED) is 0.112. The van der Waals surface area contributed by atoms with Crippen LogP contribution in [-0.4, -0.2) is 30.0 Å². The number of aromatic nitrogens is 6. The summed E-state index contributed by atoms with van der Waals surface area (Å²) in [7, 11) is 0. The Morgan fingerprint density at radius 3 is 1.25 bits per heavy atom. The Kier molecular flexibility index (Phi) is 12.4. The molecule has 0 N–H and O–H groups in total. The number of benzene rings is 2. The fraction of sp³-hybridized carbons (Fsp3) is 0.529. The van der Waals surface area contributed by atoms with Crippen molar-refractivity contribution in [3.8, 4) is 11.4 Å². The van der Waals surface area contributed by atoms with Crippen LogP contribution in [0, 0.1) is 0 Å². The monoisotopic (exact) mass is 540 g/mol. The van der Waals surface area contributed by atoms with Crippen LogP contribution < -0.4 is 0 Å². The molecule has 0 unspecified atom stereocenters. The largest absolute Gasteiger partial charge is 0.238 e. The molecule has 0 saturated heterocycles. The van der Waals surface area contributed by atoms with Crippen molar-refractivity contribution < 1.29 is 0 Å². The van der Waals surface area contributed by atoms with Gasteiger partial charge < -0.3 is 0 Å². The van der Waals surface area contributed by atoms with Gasteiger partial charge in [-0.25, -0.2) is 9.36 Å². The van der Waals surface area contributed by atoms with Crippen molar-refractivity contribution >= 4 is 0 Å². The smallest absolute Gasteiger partial charge is 0.112 e. The second-order valence-electron chi connectivity index (χ2n) is 11.1. The van der Waals surface area contributed by atoms with E-state index in [1.807, 2.05) is 0 Å². The molecule has 4 aromatic rings. The molecule has 40 heavy (non-hydrogen) atoms. The Hall–Kier alpha value is -3.28. The second-order valence-corrected chi connectivity index (χ2v) is 11.1. The van der Waals surface area contributed by atoms with Crippen molar-refractivity contribution in [2.24, 2.45) is 0 Å². The molecule has 0 radical (unpaired) electrons. The minimum absolute atomic E-state index is 0.687. The van der Waals surface area contributed by atoms with Gasteiger partial charge in [0.05, 0.1) is 24.5 Å². The van der Waals surface area contributed by atoms with Crippen molar-refractivity contribution in [2.75, 3.05) is 0 Å². The molecule has 0 saturated carbocycles. The zero-order valence-electron chi connectivity index (χ0n) is 24.8. The highest BCUT2D eigenvalue weighted by molar-refractivity contribution is 5.61. The van der Waals surface area contributed by atoms with Crippen molar-refractivity contribution in [1.82, 2.24) is 30.0 Å². The first kappa shape index (κ1) is 29.7. The number of hydrogen-bond acceptors (Lipinski definition) is 4. The molecule has 0 aliphatic rings. The van der Waals surface area contributed by atoms with E-state index in [4.69, 9.17) is 20.6 Å². The summed E-state index contributed by atoms with van der Waals surface area (Å²) in [6, 6.07) is 21.1. The van der Waals surface area contributed by atoms with Crippen molar-refractivity contribution in [3.63, 3.8) is 0 Å². The molecular formula is C34H48N6. The van der Waals surface area contributed by atoms with E-state index in [9.17, 15) is 0 Å². The molecule has 6 heteroatoms. The molecule has 2 aromatic heterocycles. The maximum absolute atomic E-state index is 4.77. The predicted octanol–water partition coefficient (Wildman–Crippen LogP) is 8.44. The second kappa shape index (κ2) is 16.7. The molecule has 0 spiro atoms. The summed E-state index contributed by atoms with van der Waals surface area (Å²) in [5.41, 5.74) is 6.79. The average molecular weight is 541 g/mol. The fourth-order valence-electron chi connectivity index (χ4n) is 5.43. The Morgan fingerprint density at radius 2 is 0.850 bits per heavy atom. The summed E-state index contributed by atoms with van der Waals surface area (Å²) >= 11 is 0. The zero-order chi connectivity index (χ0) is 27.8. The normalized spacial score (nSPS) is 11.3. The summed E-state index contributed by atoms with van der Waals surface area (Å²) in [4.78, 5) is 0. The molecule has 0 fully saturated rings. The highest BCUT2D eigenvalue weighted by Crippen LogP contribution is 2.29. The van der Waals surface area contributed by atoms with E-state index in [-0.39, 0.29) is 0 Å². The molecule has 214 valence electrons. The molecule has 0 atom stereocenters. The van der Waals surface area contributed by atoms with Crippen LogP contribution in [0.15, 0.2) is 60.7 Å². The zero-order valence-corrected chi connectivity index (χ0v) is 24.8. The standard InChI is InChI=1S/C34H48N6/c1-3-5-7-9-11-19-25-31-33(39(37-35-31)27-29-21-15-13-16-22-29)34-32(26-20-12-10-8-6-4-2)36-38-40(34)28-30-23-17-14-18-24-30/h13-18,21-24H,3-12,19-20,25-28H2,1-2H3. The lowest BCUT2D eigenvalue weighted by atomic mass is 10.0. The molecule has 0 amide bonds. The predicted molar refractivity (Wildman–Crippen MR) is 164 cm³/mol. The molecule has 2 heterocycles. The highest BCUT2D eigenvalue weighted by Gasteiger charge is 2.24. The molecule has 0 aliphatic carbocycles. The van der Waals surface area contributed by atoms with Gasteiger partial charge in [-0.2, -0.15) is 0 Å². The lowest BCUT2D eigenvalue weighted by molar-refractivity contribution is 0.603. The maximum Gasteiger partial charge on any atom is 0.112 e. The van der Waals surface area contributed by atoms with Crippen LogP contribution in [0.5, 0.6) is 0 Å². The third-order valence-corrected chi connectivity index (χ3v) is 7.72. The first-order chi connectivity index (χ1) is 19.8. The number of aryl methyl sites for hydroxylation is 2. The summed E-state index contributed by atoms with van der Waals surface area (Å²) in [6.45, 7) is 5.92. The van der Waals surface area contributed by atoms with Crippen molar-refractivity contribution in [3.05, 3.63) is 83.2 Å². The summed E-state index contributed by atoms with van der Waals surface area (Å²) in [6.07, 6.45) is 17.0. The Balaban J connectivity index is 1.64. The molecule has 0 bridgehead atoms. The van der Waals surface area contributed by atoms with E-state index in [2.05, 4.69) is 83.9 Å². The van der Waals surface area contributed by atoms with Crippen LogP contribution in [0.3, 0.4) is 0 Å². The number of hydrogen-bond donors (Lipinski definition) is 0. The Bertz CT molecular complexity index is 1130. The van der Waals surface area contributed by atoms with Gasteiger partial charge in [-0.15, -0.1) is 10.2 Å². The van der Waals surface area contributed by atoms with Gasteiger partial charge in [0.1, 0.15) is 11.4 Å². The van der Waals surface area contributed by atoms with Gasteiger partial charge in [0.2, 0.25) is 0 Å². The minimum Gasteiger partial charge on any atom is -0.238 e. The fourth-order valence-corrected chi connectivity index (χ4v) is 5.43. The average Bonchev–Trinajstić information content (AvgIpc) is 3.56. The van der Waals surface area contributed by atoms with E-state index in [0.29, 0.717) is 13.1 Å². The lowest BCUT2D eigenvalue weighted by Gasteiger charge is -2.13. The summed E-state index contributed by atoms with van der Waals surface area (Å²) in [5, 5.41) is 19.0. The Morgan fingerprint density at radius 1 is 0.475 bits per heavy atom. The van der Waals surface area contributed by atoms with Crippen molar-refractivity contribution in [1.29, 1.82) is 0 Å². The highest BCUT2D eigenvalue weighted by atomic mass is 15.5. The van der Waals surface area contributed by atoms with E-state index >= 15 is 0 Å². The van der Waals surface area contributed by atoms with E-state index < -0.39 is 0 Å². The van der Waals surface area contributed by atoms with E-state index in [1.54, 1.807) is 0 Å². The minimum atomic E-state index is 0.687. The number of unbranched alkanes of at least 4 members (excludes halogenated alkanes) is 10. The summed E-state index contributed by atoms with van der Waals surface area (Å²) in [5.74, 6) is 0. The van der Waals surface area contributed by atoms with Crippen molar-refractivity contribution in [2.45, 2.75) is 117 Å². The van der Waals surface area contributed by atoms with E-state index in [1.165, 1.54) is 75.3 Å². The Labute approximate surface area is 241 Å². The van der Waals surface area contributed by atoms with Gasteiger partial charge in [-0.05, 0) is 36.8 Å². The number of rotatable bonds is 19. The third kappa shape index (κ3) is 8.87. The van der Waals surface area contributed by atoms with Gasteiger partial charge in [-0.1, -0.05) is 149 Å². The van der Waals surface area contributed by atoms with Gasteiger partial charge in [-0.3, -0.25) is 0 Å². The number of nitrogens with zero attached hydrogens (tertiary/aromatic N) is 6. The van der Waals surface area contributed by atoms with Gasteiger partial charge in [0.15, 0.2) is 0 Å². The van der Waals surface area contributed by atoms with Crippen LogP contribution >= 0.6 is 0 Å². The third-order valence-electron chi connectivity index (χ3n) is 7.72. The molecule has 6 nitrogen and oxygen atoms in total. The molecule has 0 aliphatic heterocycles. The topological polar surface area (TPSA) is 61.4 Å². The van der Waals surface area contributed by atoms with Crippen LogP contribution in [0.25, 0.3) is 11.4 Å². The SMILES string of the molecule is CCCCCCCCc1nnn(Cc2ccccc2)c1-c1c(CCCCCCCC)nnn1Cc1ccccc1. The molecule has 2 aromatic carbocycles. The molecular weight excluding hydrogens is 492 g/mol. The van der Waals surface area contributed by atoms with Gasteiger partial charge >= 0.3 is 0 Å².